The summed E-state index contributed by atoms with van der Waals surface area (Å²) in [5.74, 6) is -0.0655. The third-order valence-electron chi connectivity index (χ3n) is 3.43. The van der Waals surface area contributed by atoms with E-state index in [0.717, 1.165) is 18.7 Å². The summed E-state index contributed by atoms with van der Waals surface area (Å²) < 4.78 is 0. The van der Waals surface area contributed by atoms with Crippen LogP contribution in [0.25, 0.3) is 0 Å². The molecule has 0 saturated heterocycles. The Labute approximate surface area is 115 Å². The summed E-state index contributed by atoms with van der Waals surface area (Å²) in [6.45, 7) is 5.84. The Hall–Kier alpha value is -1.62. The van der Waals surface area contributed by atoms with Gasteiger partial charge < -0.3 is 15.5 Å². The van der Waals surface area contributed by atoms with Crippen LogP contribution in [0.2, 0.25) is 0 Å². The summed E-state index contributed by atoms with van der Waals surface area (Å²) in [7, 11) is 3.86. The molecule has 0 aliphatic carbocycles. The van der Waals surface area contributed by atoms with E-state index in [1.165, 1.54) is 0 Å². The fourth-order valence-electron chi connectivity index (χ4n) is 1.76. The molecular formula is C14H24N4O. The predicted molar refractivity (Wildman–Crippen MR) is 78.5 cm³/mol. The lowest BCUT2D eigenvalue weighted by atomic mass is 10.2. The molecule has 1 unspecified atom stereocenters. The van der Waals surface area contributed by atoms with Gasteiger partial charge in [-0.1, -0.05) is 6.92 Å². The minimum Gasteiger partial charge on any atom is -0.386 e. The molecule has 1 rings (SSSR count). The number of nitrogens with zero attached hydrogens (tertiary/aromatic N) is 2. The van der Waals surface area contributed by atoms with Crippen LogP contribution in [0.15, 0.2) is 18.5 Å². The second-order valence-corrected chi connectivity index (χ2v) is 4.67. The number of amides is 1. The highest BCUT2D eigenvalue weighted by Crippen LogP contribution is 2.11. The van der Waals surface area contributed by atoms with Crippen molar-refractivity contribution in [2.45, 2.75) is 26.3 Å². The van der Waals surface area contributed by atoms with E-state index >= 15 is 0 Å². The summed E-state index contributed by atoms with van der Waals surface area (Å²) in [6, 6.07) is 2.25. The van der Waals surface area contributed by atoms with Crippen LogP contribution in [-0.2, 0) is 0 Å². The third kappa shape index (κ3) is 4.52. The standard InChI is InChI=1S/C14H24N4O/c1-5-11(2)18(4)9-8-17-14(19)12-6-7-16-10-13(12)15-3/h6-7,10-11,15H,5,8-9H2,1-4H3,(H,17,19). The van der Waals surface area contributed by atoms with Crippen molar-refractivity contribution in [3.8, 4) is 0 Å². The van der Waals surface area contributed by atoms with Gasteiger partial charge in [-0.15, -0.1) is 0 Å². The third-order valence-corrected chi connectivity index (χ3v) is 3.43. The van der Waals surface area contributed by atoms with Crippen LogP contribution in [0.5, 0.6) is 0 Å². The van der Waals surface area contributed by atoms with Crippen molar-refractivity contribution in [2.24, 2.45) is 0 Å². The predicted octanol–water partition coefficient (Wildman–Crippen LogP) is 1.58. The lowest BCUT2D eigenvalue weighted by molar-refractivity contribution is 0.0948. The first-order valence-corrected chi connectivity index (χ1v) is 6.70. The maximum absolute atomic E-state index is 12.0. The first kappa shape index (κ1) is 15.4. The fourth-order valence-corrected chi connectivity index (χ4v) is 1.76. The van der Waals surface area contributed by atoms with Crippen molar-refractivity contribution in [3.05, 3.63) is 24.0 Å². The summed E-state index contributed by atoms with van der Waals surface area (Å²) in [5, 5.41) is 5.90. The molecule has 1 aromatic heterocycles. The van der Waals surface area contributed by atoms with Crippen LogP contribution >= 0.6 is 0 Å². The Morgan fingerprint density at radius 3 is 2.89 bits per heavy atom. The van der Waals surface area contributed by atoms with Gasteiger partial charge in [-0.3, -0.25) is 9.78 Å². The molecular weight excluding hydrogens is 240 g/mol. The van der Waals surface area contributed by atoms with Crippen molar-refractivity contribution in [1.29, 1.82) is 0 Å². The highest BCUT2D eigenvalue weighted by Gasteiger charge is 2.11. The molecule has 1 atom stereocenters. The number of carbonyl (C=O) groups is 1. The van der Waals surface area contributed by atoms with E-state index in [1.54, 1.807) is 25.5 Å². The highest BCUT2D eigenvalue weighted by molar-refractivity contribution is 5.99. The topological polar surface area (TPSA) is 57.3 Å². The monoisotopic (exact) mass is 264 g/mol. The second kappa shape index (κ2) is 7.74. The number of aromatic nitrogens is 1. The van der Waals surface area contributed by atoms with E-state index in [9.17, 15) is 4.79 Å². The lowest BCUT2D eigenvalue weighted by Gasteiger charge is -2.23. The van der Waals surface area contributed by atoms with Crippen molar-refractivity contribution >= 4 is 11.6 Å². The lowest BCUT2D eigenvalue weighted by Crippen LogP contribution is -2.37. The van der Waals surface area contributed by atoms with Gasteiger partial charge in [-0.05, 0) is 26.5 Å². The van der Waals surface area contributed by atoms with Gasteiger partial charge in [0.1, 0.15) is 0 Å². The number of pyridine rings is 1. The van der Waals surface area contributed by atoms with E-state index < -0.39 is 0 Å². The van der Waals surface area contributed by atoms with Gasteiger partial charge in [0.25, 0.3) is 5.91 Å². The SMILES string of the molecule is CCC(C)N(C)CCNC(=O)c1ccncc1NC. The van der Waals surface area contributed by atoms with Crippen LogP contribution in [0.3, 0.4) is 0 Å². The Bertz CT molecular complexity index is 408. The summed E-state index contributed by atoms with van der Waals surface area (Å²) in [4.78, 5) is 18.3. The largest absolute Gasteiger partial charge is 0.386 e. The number of nitrogens with one attached hydrogen (secondary N) is 2. The molecule has 0 bridgehead atoms. The highest BCUT2D eigenvalue weighted by atomic mass is 16.1. The zero-order valence-corrected chi connectivity index (χ0v) is 12.2. The minimum atomic E-state index is -0.0655. The van der Waals surface area contributed by atoms with E-state index in [1.807, 2.05) is 0 Å². The van der Waals surface area contributed by atoms with Gasteiger partial charge in [-0.25, -0.2) is 0 Å². The number of hydrogen-bond donors (Lipinski definition) is 2. The Balaban J connectivity index is 2.47. The molecule has 5 heteroatoms. The van der Waals surface area contributed by atoms with Crippen LogP contribution in [0.1, 0.15) is 30.6 Å². The van der Waals surface area contributed by atoms with Crippen LogP contribution in [0, 0.1) is 0 Å². The van der Waals surface area contributed by atoms with Crippen LogP contribution in [-0.4, -0.2) is 49.0 Å². The Morgan fingerprint density at radius 1 is 1.53 bits per heavy atom. The first-order chi connectivity index (χ1) is 9.10. The zero-order chi connectivity index (χ0) is 14.3. The molecule has 0 aliphatic heterocycles. The van der Waals surface area contributed by atoms with Gasteiger partial charge >= 0.3 is 0 Å². The van der Waals surface area contributed by atoms with Crippen molar-refractivity contribution in [2.75, 3.05) is 32.5 Å². The average Bonchev–Trinajstić information content (AvgIpc) is 2.45. The maximum Gasteiger partial charge on any atom is 0.253 e. The smallest absolute Gasteiger partial charge is 0.253 e. The quantitative estimate of drug-likeness (QED) is 0.785. The number of carbonyl (C=O) groups excluding carboxylic acids is 1. The Morgan fingerprint density at radius 2 is 2.26 bits per heavy atom. The molecule has 0 saturated carbocycles. The molecule has 0 fully saturated rings. The molecule has 1 heterocycles. The van der Waals surface area contributed by atoms with E-state index in [4.69, 9.17) is 0 Å². The number of likely N-dealkylation sites (N-methyl/N-ethyl adjacent to an activating group) is 1. The van der Waals surface area contributed by atoms with E-state index in [2.05, 4.69) is 41.4 Å². The molecule has 1 aromatic rings. The molecule has 5 nitrogen and oxygen atoms in total. The molecule has 0 spiro atoms. The van der Waals surface area contributed by atoms with Crippen LogP contribution < -0.4 is 10.6 Å². The second-order valence-electron chi connectivity index (χ2n) is 4.67. The van der Waals surface area contributed by atoms with E-state index in [-0.39, 0.29) is 5.91 Å². The first-order valence-electron chi connectivity index (χ1n) is 6.70. The van der Waals surface area contributed by atoms with Crippen LogP contribution in [0.4, 0.5) is 5.69 Å². The molecule has 0 radical (unpaired) electrons. The molecule has 2 N–H and O–H groups in total. The van der Waals surface area contributed by atoms with Gasteiger partial charge in [0.2, 0.25) is 0 Å². The summed E-state index contributed by atoms with van der Waals surface area (Å²) in [5.41, 5.74) is 1.37. The number of rotatable bonds is 7. The fraction of sp³-hybridized carbons (Fsp3) is 0.571. The van der Waals surface area contributed by atoms with Crippen molar-refractivity contribution in [1.82, 2.24) is 15.2 Å². The maximum atomic E-state index is 12.0. The van der Waals surface area contributed by atoms with Gasteiger partial charge in [-0.2, -0.15) is 0 Å². The molecule has 1 amide bonds. The zero-order valence-electron chi connectivity index (χ0n) is 12.2. The molecule has 19 heavy (non-hydrogen) atoms. The normalized spacial score (nSPS) is 12.3. The van der Waals surface area contributed by atoms with Crippen molar-refractivity contribution < 1.29 is 4.79 Å². The summed E-state index contributed by atoms with van der Waals surface area (Å²) >= 11 is 0. The van der Waals surface area contributed by atoms with Gasteiger partial charge in [0, 0.05) is 32.4 Å². The molecule has 106 valence electrons. The minimum absolute atomic E-state index is 0.0655. The van der Waals surface area contributed by atoms with Crippen molar-refractivity contribution in [3.63, 3.8) is 0 Å². The van der Waals surface area contributed by atoms with E-state index in [0.29, 0.717) is 18.2 Å². The van der Waals surface area contributed by atoms with Gasteiger partial charge in [0.15, 0.2) is 0 Å². The molecule has 0 aliphatic rings. The summed E-state index contributed by atoms with van der Waals surface area (Å²) in [6.07, 6.45) is 4.39. The molecule has 0 aromatic carbocycles. The average molecular weight is 264 g/mol. The Kier molecular flexibility index (Phi) is 6.29. The van der Waals surface area contributed by atoms with Gasteiger partial charge in [0.05, 0.1) is 17.4 Å². The number of anilines is 1. The number of hydrogen-bond acceptors (Lipinski definition) is 4.